The van der Waals surface area contributed by atoms with Crippen LogP contribution in [-0.4, -0.2) is 26.8 Å². The van der Waals surface area contributed by atoms with Crippen LogP contribution in [0, 0.1) is 69.8 Å². The number of ketones is 1. The summed E-state index contributed by atoms with van der Waals surface area (Å²) in [5.74, 6) is 3.49. The number of carbonyl (C=O) groups excluding carboxylic acids is 1. The van der Waals surface area contributed by atoms with E-state index in [0.29, 0.717) is 89.2 Å². The standard InChI is InChI=1S/C27H25FN2O.C19H20FNO2.C7H6N2/c28-23-5-6-27-26(15-23)25(7-8-30-27)22-13-20-9-19(10-21(20)14-22)12-24(31)11-17-1-3-18(16-29)4-2-17;20-15-1-2-18-17(10-15)16(3-4-21-18)14-8-12-5-11(7-19(22)23)6-13(12)9-14;8-5-6-1-3-7(9)4-2-6/h1-8,15,19-22H,9-14H2;1-4,10-14H,5-9H2,(H,22,23);1-4H,9H2/t19?,20-,21+,22?;11?,12-,13+,14?;. The van der Waals surface area contributed by atoms with Gasteiger partial charge in [0.05, 0.1) is 34.3 Å². The maximum absolute atomic E-state index is 13.8. The van der Waals surface area contributed by atoms with E-state index in [2.05, 4.69) is 22.1 Å². The largest absolute Gasteiger partial charge is 0.481 e. The molecule has 8 nitrogen and oxygen atoms in total. The number of nitrogens with zero attached hydrogens (tertiary/aromatic N) is 4. The molecule has 4 saturated carbocycles. The van der Waals surface area contributed by atoms with Gasteiger partial charge in [0.1, 0.15) is 17.4 Å². The molecule has 0 bridgehead atoms. The van der Waals surface area contributed by atoms with Gasteiger partial charge in [-0.15, -0.1) is 0 Å². The van der Waals surface area contributed by atoms with Crippen molar-refractivity contribution in [2.75, 3.05) is 5.73 Å². The summed E-state index contributed by atoms with van der Waals surface area (Å²) in [4.78, 5) is 32.2. The van der Waals surface area contributed by atoms with E-state index in [1.807, 2.05) is 36.7 Å². The summed E-state index contributed by atoms with van der Waals surface area (Å²) in [7, 11) is 0. The molecule has 63 heavy (non-hydrogen) atoms. The summed E-state index contributed by atoms with van der Waals surface area (Å²) in [6.45, 7) is 0. The molecule has 0 saturated heterocycles. The van der Waals surface area contributed by atoms with Gasteiger partial charge in [-0.2, -0.15) is 10.5 Å². The second-order valence-corrected chi connectivity index (χ2v) is 18.2. The van der Waals surface area contributed by atoms with Gasteiger partial charge in [-0.1, -0.05) is 12.1 Å². The number of nitriles is 2. The lowest BCUT2D eigenvalue weighted by Gasteiger charge is -2.16. The number of carboxylic acids is 1. The molecule has 2 aromatic heterocycles. The average molecular weight is 844 g/mol. The van der Waals surface area contributed by atoms with E-state index in [1.54, 1.807) is 60.7 Å². The zero-order chi connectivity index (χ0) is 44.0. The molecule has 8 atom stereocenters. The Balaban J connectivity index is 0.000000149. The Kier molecular flexibility index (Phi) is 13.2. The maximum atomic E-state index is 13.8. The van der Waals surface area contributed by atoms with Crippen molar-refractivity contribution in [3.8, 4) is 12.1 Å². The van der Waals surface area contributed by atoms with Crippen LogP contribution < -0.4 is 5.73 Å². The highest BCUT2D eigenvalue weighted by molar-refractivity contribution is 5.84. The van der Waals surface area contributed by atoms with Crippen LogP contribution in [0.25, 0.3) is 21.8 Å². The fourth-order valence-electron chi connectivity index (χ4n) is 11.4. The number of aliphatic carboxylic acids is 1. The van der Waals surface area contributed by atoms with Gasteiger partial charge in [0.15, 0.2) is 0 Å². The van der Waals surface area contributed by atoms with Gasteiger partial charge in [0.25, 0.3) is 0 Å². The van der Waals surface area contributed by atoms with Gasteiger partial charge >= 0.3 is 5.97 Å². The van der Waals surface area contributed by atoms with Crippen molar-refractivity contribution in [2.24, 2.45) is 35.5 Å². The molecule has 6 aromatic rings. The number of benzene rings is 4. The van der Waals surface area contributed by atoms with E-state index in [4.69, 9.17) is 21.4 Å². The third-order valence-electron chi connectivity index (χ3n) is 14.1. The summed E-state index contributed by atoms with van der Waals surface area (Å²) < 4.78 is 27.5. The van der Waals surface area contributed by atoms with Gasteiger partial charge in [-0.05, 0) is 200 Å². The minimum Gasteiger partial charge on any atom is -0.481 e. The Morgan fingerprint density at radius 1 is 0.603 bits per heavy atom. The fraction of sp³-hybridized carbons (Fsp3) is 0.358. The van der Waals surface area contributed by atoms with Crippen molar-refractivity contribution in [1.82, 2.24) is 9.97 Å². The second-order valence-electron chi connectivity index (χ2n) is 18.2. The quantitative estimate of drug-likeness (QED) is 0.144. The number of fused-ring (bicyclic) bond motifs is 4. The van der Waals surface area contributed by atoms with E-state index in [0.717, 1.165) is 78.7 Å². The molecule has 4 unspecified atom stereocenters. The predicted octanol–water partition coefficient (Wildman–Crippen LogP) is 11.5. The predicted molar refractivity (Wildman–Crippen MR) is 239 cm³/mol. The van der Waals surface area contributed by atoms with E-state index in [9.17, 15) is 18.4 Å². The molecule has 320 valence electrons. The molecule has 2 heterocycles. The number of anilines is 1. The third-order valence-corrected chi connectivity index (χ3v) is 14.1. The number of nitrogen functional groups attached to an aromatic ring is 1. The van der Waals surface area contributed by atoms with Crippen molar-refractivity contribution in [1.29, 1.82) is 10.5 Å². The zero-order valence-electron chi connectivity index (χ0n) is 35.2. The van der Waals surface area contributed by atoms with Crippen molar-refractivity contribution in [2.45, 2.75) is 82.5 Å². The zero-order valence-corrected chi connectivity index (χ0v) is 35.2. The molecule has 4 aromatic carbocycles. The van der Waals surface area contributed by atoms with E-state index >= 15 is 0 Å². The highest BCUT2D eigenvalue weighted by atomic mass is 19.1. The Hall–Kier alpha value is -6.52. The molecular weight excluding hydrogens is 793 g/mol. The lowest BCUT2D eigenvalue weighted by molar-refractivity contribution is -0.138. The van der Waals surface area contributed by atoms with Gasteiger partial charge < -0.3 is 10.8 Å². The summed E-state index contributed by atoms with van der Waals surface area (Å²) in [6, 6.07) is 32.0. The number of Topliss-reactive ketones (excluding diaryl/α,β-unsaturated/α-hetero) is 1. The number of pyridine rings is 2. The number of nitrogens with two attached hydrogens (primary N) is 1. The monoisotopic (exact) mass is 843 g/mol. The molecule has 0 spiro atoms. The third kappa shape index (κ3) is 10.4. The smallest absolute Gasteiger partial charge is 0.303 e. The Labute approximate surface area is 366 Å². The lowest BCUT2D eigenvalue weighted by Crippen LogP contribution is -2.10. The van der Waals surface area contributed by atoms with Crippen LogP contribution in [-0.2, 0) is 16.0 Å². The van der Waals surface area contributed by atoms with E-state index in [1.165, 1.54) is 23.3 Å². The maximum Gasteiger partial charge on any atom is 0.303 e. The molecule has 0 aliphatic heterocycles. The van der Waals surface area contributed by atoms with Crippen LogP contribution in [0.2, 0.25) is 0 Å². The molecule has 10 rings (SSSR count). The number of aromatic nitrogens is 2. The molecule has 4 fully saturated rings. The lowest BCUT2D eigenvalue weighted by atomic mass is 9.88. The summed E-state index contributed by atoms with van der Waals surface area (Å²) in [6.07, 6.45) is 13.8. The molecular formula is C53H51F2N5O3. The minimum absolute atomic E-state index is 0.208. The highest BCUT2D eigenvalue weighted by Crippen LogP contribution is 2.55. The topological polar surface area (TPSA) is 154 Å². The summed E-state index contributed by atoms with van der Waals surface area (Å²) >= 11 is 0. The second kappa shape index (κ2) is 19.3. The Morgan fingerprint density at radius 2 is 1.03 bits per heavy atom. The van der Waals surface area contributed by atoms with Crippen molar-refractivity contribution < 1.29 is 23.5 Å². The van der Waals surface area contributed by atoms with Crippen LogP contribution in [0.5, 0.6) is 0 Å². The van der Waals surface area contributed by atoms with Crippen LogP contribution in [0.15, 0.2) is 109 Å². The highest BCUT2D eigenvalue weighted by Gasteiger charge is 2.44. The molecule has 4 aliphatic rings. The Bertz CT molecular complexity index is 2660. The first-order chi connectivity index (χ1) is 30.5. The molecule has 10 heteroatoms. The van der Waals surface area contributed by atoms with Gasteiger partial charge in [0, 0.05) is 48.1 Å². The molecule has 4 aliphatic carbocycles. The van der Waals surface area contributed by atoms with E-state index < -0.39 is 5.97 Å². The fourth-order valence-corrected chi connectivity index (χ4v) is 11.4. The van der Waals surface area contributed by atoms with Crippen LogP contribution >= 0.6 is 0 Å². The van der Waals surface area contributed by atoms with Crippen molar-refractivity contribution >= 4 is 39.2 Å². The number of halogens is 2. The number of hydrogen-bond donors (Lipinski definition) is 2. The first-order valence-electron chi connectivity index (χ1n) is 22.1. The summed E-state index contributed by atoms with van der Waals surface area (Å²) in [5.41, 5.74) is 12.5. The number of hydrogen-bond acceptors (Lipinski definition) is 7. The van der Waals surface area contributed by atoms with Crippen molar-refractivity contribution in [3.63, 3.8) is 0 Å². The average Bonchev–Trinajstić information content (AvgIpc) is 4.05. The van der Waals surface area contributed by atoms with Crippen LogP contribution in [0.4, 0.5) is 14.5 Å². The number of carbonyl (C=O) groups is 2. The van der Waals surface area contributed by atoms with Gasteiger partial charge in [0.2, 0.25) is 0 Å². The number of rotatable bonds is 8. The van der Waals surface area contributed by atoms with Crippen LogP contribution in [0.1, 0.15) is 104 Å². The van der Waals surface area contributed by atoms with Crippen LogP contribution in [0.3, 0.4) is 0 Å². The normalized spacial score (nSPS) is 24.3. The molecule has 0 radical (unpaired) electrons. The first kappa shape index (κ1) is 43.1. The number of carboxylic acid groups (broad SMARTS) is 1. The summed E-state index contributed by atoms with van der Waals surface area (Å²) in [5, 5.41) is 28.1. The van der Waals surface area contributed by atoms with Crippen molar-refractivity contribution in [3.05, 3.63) is 149 Å². The van der Waals surface area contributed by atoms with Gasteiger partial charge in [-0.3, -0.25) is 19.6 Å². The van der Waals surface area contributed by atoms with Gasteiger partial charge in [-0.25, -0.2) is 8.78 Å². The molecule has 3 N–H and O–H groups in total. The minimum atomic E-state index is -0.679. The Morgan fingerprint density at radius 3 is 1.46 bits per heavy atom. The molecule has 0 amide bonds. The SMILES string of the molecule is N#Cc1ccc(CC(=O)CC2C[C@@H]3CC(c4ccnc5ccc(F)cc45)C[C@@H]3C2)cc1.N#Cc1ccc(N)cc1.O=C(O)CC1C[C@@H]2CC(c3ccnc4ccc(F)cc34)C[C@@H]2C1. The first-order valence-corrected chi connectivity index (χ1v) is 22.1. The van der Waals surface area contributed by atoms with E-state index in [-0.39, 0.29) is 11.6 Å².